The van der Waals surface area contributed by atoms with Crippen LogP contribution < -0.4 is 17.7 Å². The molecule has 160 valence electrons. The number of aromatic nitrogens is 1. The second kappa shape index (κ2) is 8.48. The minimum absolute atomic E-state index is 0. The van der Waals surface area contributed by atoms with Crippen LogP contribution in [0.2, 0.25) is 0 Å². The summed E-state index contributed by atoms with van der Waals surface area (Å²) in [7, 11) is 0. The molecule has 4 aromatic rings. The predicted molar refractivity (Wildman–Crippen MR) is 122 cm³/mol. The molecular weight excluding hydrogens is 428 g/mol. The Morgan fingerprint density at radius 3 is 2.74 bits per heavy atom. The number of thiophene rings is 1. The standard InChI is InChI=1S/C25H24N2O2S.ClH/c1-14-10-11-17-20(13-14)30-25-22(17)23(19-9-6-12-29-19)21(16(3)26-25)24(28)27-18-8-5-4-7-15(18)2;/h4-9,12,14H,10-11,13H2,1-3H3,(H,27,28);1H/p-1. The monoisotopic (exact) mass is 451 g/mol. The Bertz CT molecular complexity index is 1260. The van der Waals surface area contributed by atoms with Crippen LogP contribution in [0.25, 0.3) is 21.5 Å². The van der Waals surface area contributed by atoms with E-state index in [1.807, 2.05) is 50.2 Å². The highest BCUT2D eigenvalue weighted by atomic mass is 35.5. The van der Waals surface area contributed by atoms with Gasteiger partial charge in [0.15, 0.2) is 0 Å². The number of para-hydroxylation sites is 1. The van der Waals surface area contributed by atoms with Gasteiger partial charge in [-0.25, -0.2) is 4.98 Å². The molecule has 1 unspecified atom stereocenters. The lowest BCUT2D eigenvalue weighted by atomic mass is 9.87. The molecule has 1 aromatic carbocycles. The highest BCUT2D eigenvalue weighted by molar-refractivity contribution is 7.19. The van der Waals surface area contributed by atoms with Crippen molar-refractivity contribution < 1.29 is 21.6 Å². The van der Waals surface area contributed by atoms with E-state index in [0.717, 1.165) is 57.7 Å². The van der Waals surface area contributed by atoms with E-state index in [2.05, 4.69) is 12.2 Å². The molecule has 3 heterocycles. The smallest absolute Gasteiger partial charge is 0.258 e. The average molecular weight is 452 g/mol. The van der Waals surface area contributed by atoms with Gasteiger partial charge in [-0.05, 0) is 68.4 Å². The summed E-state index contributed by atoms with van der Waals surface area (Å²) in [5, 5.41) is 4.19. The Balaban J connectivity index is 0.00000231. The number of pyridine rings is 1. The molecule has 0 aliphatic heterocycles. The first-order valence-corrected chi connectivity index (χ1v) is 11.2. The number of hydrogen-bond donors (Lipinski definition) is 1. The molecule has 0 fully saturated rings. The molecule has 0 saturated carbocycles. The molecule has 4 nitrogen and oxygen atoms in total. The van der Waals surface area contributed by atoms with Crippen molar-refractivity contribution in [3.8, 4) is 11.3 Å². The summed E-state index contributed by atoms with van der Waals surface area (Å²) in [6, 6.07) is 11.6. The van der Waals surface area contributed by atoms with E-state index >= 15 is 0 Å². The van der Waals surface area contributed by atoms with Gasteiger partial charge in [0, 0.05) is 21.5 Å². The van der Waals surface area contributed by atoms with Crippen LogP contribution in [-0.2, 0) is 12.8 Å². The van der Waals surface area contributed by atoms with Gasteiger partial charge in [-0.15, -0.1) is 11.3 Å². The van der Waals surface area contributed by atoms with Crippen molar-refractivity contribution in [2.75, 3.05) is 5.32 Å². The first-order chi connectivity index (χ1) is 14.5. The Labute approximate surface area is 192 Å². The summed E-state index contributed by atoms with van der Waals surface area (Å²) in [5.74, 6) is 1.26. The highest BCUT2D eigenvalue weighted by Crippen LogP contribution is 2.44. The molecule has 6 heteroatoms. The van der Waals surface area contributed by atoms with Crippen molar-refractivity contribution in [3.05, 3.63) is 69.9 Å². The number of carbonyl (C=O) groups is 1. The molecule has 1 aliphatic carbocycles. The van der Waals surface area contributed by atoms with Crippen LogP contribution in [0, 0.1) is 19.8 Å². The van der Waals surface area contributed by atoms with Gasteiger partial charge in [0.25, 0.3) is 5.91 Å². The third-order valence-electron chi connectivity index (χ3n) is 6.01. The van der Waals surface area contributed by atoms with Gasteiger partial charge in [-0.3, -0.25) is 4.79 Å². The van der Waals surface area contributed by atoms with Crippen molar-refractivity contribution in [1.29, 1.82) is 0 Å². The summed E-state index contributed by atoms with van der Waals surface area (Å²) in [6.07, 6.45) is 4.93. The van der Waals surface area contributed by atoms with Crippen LogP contribution in [0.15, 0.2) is 47.1 Å². The first kappa shape index (κ1) is 21.6. The number of aryl methyl sites for hydroxylation is 3. The fourth-order valence-corrected chi connectivity index (χ4v) is 5.87. The topological polar surface area (TPSA) is 55.1 Å². The van der Waals surface area contributed by atoms with Gasteiger partial charge < -0.3 is 22.1 Å². The van der Waals surface area contributed by atoms with Crippen molar-refractivity contribution in [2.45, 2.75) is 40.0 Å². The molecule has 5 rings (SSSR count). The van der Waals surface area contributed by atoms with E-state index in [4.69, 9.17) is 9.40 Å². The molecule has 0 radical (unpaired) electrons. The zero-order chi connectivity index (χ0) is 20.8. The number of fused-ring (bicyclic) bond motifs is 3. The Hall–Kier alpha value is -2.63. The zero-order valence-corrected chi connectivity index (χ0v) is 19.4. The van der Waals surface area contributed by atoms with Crippen LogP contribution in [0.1, 0.15) is 45.4 Å². The number of nitrogens with zero attached hydrogens (tertiary/aromatic N) is 1. The van der Waals surface area contributed by atoms with E-state index in [1.54, 1.807) is 17.6 Å². The minimum Gasteiger partial charge on any atom is -1.00 e. The number of halogens is 1. The predicted octanol–water partition coefficient (Wildman–Crippen LogP) is 3.55. The Morgan fingerprint density at radius 1 is 1.19 bits per heavy atom. The van der Waals surface area contributed by atoms with E-state index in [1.165, 1.54) is 10.4 Å². The summed E-state index contributed by atoms with van der Waals surface area (Å²) in [6.45, 7) is 6.22. The maximum atomic E-state index is 13.5. The summed E-state index contributed by atoms with van der Waals surface area (Å²) in [4.78, 5) is 20.8. The number of nitrogens with one attached hydrogen (secondary N) is 1. The minimum atomic E-state index is -0.147. The average Bonchev–Trinajstić information content (AvgIpc) is 3.35. The van der Waals surface area contributed by atoms with Crippen LogP contribution in [0.5, 0.6) is 0 Å². The van der Waals surface area contributed by atoms with Gasteiger partial charge in [-0.2, -0.15) is 0 Å². The molecule has 0 saturated heterocycles. The maximum Gasteiger partial charge on any atom is 0.258 e. The summed E-state index contributed by atoms with van der Waals surface area (Å²) in [5.41, 5.74) is 5.39. The van der Waals surface area contributed by atoms with Crippen LogP contribution in [0.3, 0.4) is 0 Å². The second-order valence-corrected chi connectivity index (χ2v) is 9.31. The molecule has 0 bridgehead atoms. The van der Waals surface area contributed by atoms with Gasteiger partial charge in [0.05, 0.1) is 17.5 Å². The van der Waals surface area contributed by atoms with Crippen LogP contribution in [-0.4, -0.2) is 10.9 Å². The van der Waals surface area contributed by atoms with E-state index in [0.29, 0.717) is 11.5 Å². The zero-order valence-electron chi connectivity index (χ0n) is 17.8. The number of rotatable bonds is 3. The lowest BCUT2D eigenvalue weighted by Crippen LogP contribution is -3.00. The van der Waals surface area contributed by atoms with Crippen LogP contribution >= 0.6 is 11.3 Å². The maximum absolute atomic E-state index is 13.5. The van der Waals surface area contributed by atoms with E-state index < -0.39 is 0 Å². The largest absolute Gasteiger partial charge is 1.00 e. The number of furan rings is 1. The Morgan fingerprint density at radius 2 is 2.00 bits per heavy atom. The van der Waals surface area contributed by atoms with Gasteiger partial charge >= 0.3 is 0 Å². The number of benzene rings is 1. The highest BCUT2D eigenvalue weighted by Gasteiger charge is 2.28. The molecule has 1 amide bonds. The van der Waals surface area contributed by atoms with Crippen molar-refractivity contribution in [3.63, 3.8) is 0 Å². The molecule has 31 heavy (non-hydrogen) atoms. The van der Waals surface area contributed by atoms with E-state index in [-0.39, 0.29) is 18.3 Å². The SMILES string of the molecule is Cc1ccccc1NC(=O)c1c(C)nc2sc3c(c2c1-c1ccco1)CCC(C)C3.[Cl-]. The molecule has 1 aliphatic rings. The number of carbonyl (C=O) groups excluding carboxylic acids is 1. The lowest BCUT2D eigenvalue weighted by molar-refractivity contribution is -0.0000143. The van der Waals surface area contributed by atoms with E-state index in [9.17, 15) is 4.79 Å². The molecule has 0 spiro atoms. The third kappa shape index (κ3) is 3.77. The van der Waals surface area contributed by atoms with Crippen molar-refractivity contribution in [2.24, 2.45) is 5.92 Å². The normalized spacial score (nSPS) is 15.4. The van der Waals surface area contributed by atoms with Crippen molar-refractivity contribution in [1.82, 2.24) is 4.98 Å². The summed E-state index contributed by atoms with van der Waals surface area (Å²) < 4.78 is 5.83. The lowest BCUT2D eigenvalue weighted by Gasteiger charge is -2.19. The molecule has 1 N–H and O–H groups in total. The first-order valence-electron chi connectivity index (χ1n) is 10.4. The second-order valence-electron chi connectivity index (χ2n) is 8.23. The fraction of sp³-hybridized carbons (Fsp3) is 0.280. The quantitative estimate of drug-likeness (QED) is 0.518. The molecular formula is C25H24ClN2O2S-. The Kier molecular flexibility index (Phi) is 5.91. The van der Waals surface area contributed by atoms with Crippen LogP contribution in [0.4, 0.5) is 5.69 Å². The van der Waals surface area contributed by atoms with Gasteiger partial charge in [0.2, 0.25) is 0 Å². The van der Waals surface area contributed by atoms with Gasteiger partial charge in [-0.1, -0.05) is 25.1 Å². The number of amides is 1. The summed E-state index contributed by atoms with van der Waals surface area (Å²) >= 11 is 1.77. The number of anilines is 1. The van der Waals surface area contributed by atoms with Crippen molar-refractivity contribution >= 4 is 33.1 Å². The van der Waals surface area contributed by atoms with Gasteiger partial charge in [0.1, 0.15) is 10.6 Å². The molecule has 1 atom stereocenters. The third-order valence-corrected chi connectivity index (χ3v) is 7.16. The fourth-order valence-electron chi connectivity index (χ4n) is 4.43. The number of hydrogen-bond acceptors (Lipinski definition) is 4. The molecule has 3 aromatic heterocycles.